The van der Waals surface area contributed by atoms with Gasteiger partial charge in [-0.15, -0.1) is 93.4 Å². The Balaban J connectivity index is 0.000000451. The molecule has 0 heterocycles. The smallest absolute Gasteiger partial charge is 1.00 e. The molecule has 0 aliphatic heterocycles. The maximum atomic E-state index is 2.20. The summed E-state index contributed by atoms with van der Waals surface area (Å²) < 4.78 is 0. The van der Waals surface area contributed by atoms with E-state index >= 15 is 0 Å². The molecule has 0 N–H and O–H groups in total. The van der Waals surface area contributed by atoms with Crippen LogP contribution in [0.15, 0.2) is 84.9 Å². The van der Waals surface area contributed by atoms with Gasteiger partial charge in [0.05, 0.1) is 0 Å². The number of benzene rings is 2. The summed E-state index contributed by atoms with van der Waals surface area (Å²) in [4.78, 5) is 0. The molecule has 0 fully saturated rings. The second-order valence-corrected chi connectivity index (χ2v) is 5.84. The summed E-state index contributed by atoms with van der Waals surface area (Å²) in [6.45, 7) is 4.08. The zero-order chi connectivity index (χ0) is 16.8. The fourth-order valence-electron chi connectivity index (χ4n) is 2.93. The quantitative estimate of drug-likeness (QED) is 0.385. The molecule has 3 heteroatoms. The van der Waals surface area contributed by atoms with Crippen molar-refractivity contribution in [3.05, 3.63) is 96.1 Å². The summed E-state index contributed by atoms with van der Waals surface area (Å²) in [5.74, 6) is 0. The number of hydrogen-bond acceptors (Lipinski definition) is 0. The number of halogens is 2. The van der Waals surface area contributed by atoms with Gasteiger partial charge in [0, 0.05) is 0 Å². The Morgan fingerprint density at radius 1 is 0.630 bits per heavy atom. The first-order chi connectivity index (χ1) is 11.8. The molecule has 4 aromatic rings. The van der Waals surface area contributed by atoms with Gasteiger partial charge in [-0.05, 0) is 0 Å². The third-order valence-corrected chi connectivity index (χ3v) is 4.00. The Kier molecular flexibility index (Phi) is 12.2. The van der Waals surface area contributed by atoms with Crippen LogP contribution in [0.5, 0.6) is 0 Å². The van der Waals surface area contributed by atoms with E-state index in [1.54, 1.807) is 0 Å². The molecule has 0 aromatic heterocycles. The van der Waals surface area contributed by atoms with Crippen LogP contribution in [0, 0.1) is 0 Å². The van der Waals surface area contributed by atoms with E-state index in [-0.39, 0.29) is 51.0 Å². The van der Waals surface area contributed by atoms with Crippen molar-refractivity contribution >= 4 is 33.7 Å². The van der Waals surface area contributed by atoms with Gasteiger partial charge in [-0.25, -0.2) is 0 Å². The molecule has 0 aliphatic rings. The normalized spacial score (nSPS) is 10.1. The monoisotopic (exact) mass is 470 g/mol. The molecule has 0 unspecified atom stereocenters. The van der Waals surface area contributed by atoms with E-state index < -0.39 is 0 Å². The molecular formula is C24H22Cl2Zr. The minimum atomic E-state index is 0. The van der Waals surface area contributed by atoms with Crippen molar-refractivity contribution in [3.8, 4) is 0 Å². The predicted octanol–water partition coefficient (Wildman–Crippen LogP) is 1.19. The SMILES string of the molecule is CC=Cc1cc2ccccc2[cH-]1.CC=Cc1cc2ccccc2[cH-]1.[Cl-].[Cl-].[Zr+4]. The number of hydrogen-bond donors (Lipinski definition) is 0. The van der Waals surface area contributed by atoms with Gasteiger partial charge in [-0.3, -0.25) is 0 Å². The van der Waals surface area contributed by atoms with Crippen LogP contribution in [0.4, 0.5) is 0 Å². The molecule has 0 aliphatic carbocycles. The first-order valence-electron chi connectivity index (χ1n) is 8.36. The third kappa shape index (κ3) is 6.93. The zero-order valence-electron chi connectivity index (χ0n) is 15.5. The minimum Gasteiger partial charge on any atom is -1.00 e. The molecule has 4 aromatic carbocycles. The largest absolute Gasteiger partial charge is 4.00 e. The molecule has 4 rings (SSSR count). The summed E-state index contributed by atoms with van der Waals surface area (Å²) in [5.41, 5.74) is 2.58. The van der Waals surface area contributed by atoms with Crippen LogP contribution < -0.4 is 24.8 Å². The maximum absolute atomic E-state index is 2.20. The Morgan fingerprint density at radius 2 is 1.00 bits per heavy atom. The van der Waals surface area contributed by atoms with Gasteiger partial charge in [0.1, 0.15) is 0 Å². The number of rotatable bonds is 2. The topological polar surface area (TPSA) is 0 Å². The Labute approximate surface area is 193 Å². The van der Waals surface area contributed by atoms with Gasteiger partial charge < -0.3 is 24.8 Å². The van der Waals surface area contributed by atoms with E-state index in [4.69, 9.17) is 0 Å². The van der Waals surface area contributed by atoms with Crippen LogP contribution in [0.1, 0.15) is 25.0 Å². The Hall–Kier alpha value is -1.40. The van der Waals surface area contributed by atoms with Crippen molar-refractivity contribution < 1.29 is 51.0 Å². The van der Waals surface area contributed by atoms with E-state index in [2.05, 4.69) is 97.1 Å². The second kappa shape index (κ2) is 12.9. The van der Waals surface area contributed by atoms with Crippen molar-refractivity contribution in [1.29, 1.82) is 0 Å². The van der Waals surface area contributed by atoms with Crippen molar-refractivity contribution in [2.45, 2.75) is 13.8 Å². The van der Waals surface area contributed by atoms with Gasteiger partial charge in [-0.2, -0.15) is 0 Å². The van der Waals surface area contributed by atoms with Crippen molar-refractivity contribution in [2.24, 2.45) is 0 Å². The van der Waals surface area contributed by atoms with Crippen LogP contribution in [0.25, 0.3) is 33.7 Å². The third-order valence-electron chi connectivity index (χ3n) is 4.00. The predicted molar refractivity (Wildman–Crippen MR) is 108 cm³/mol. The van der Waals surface area contributed by atoms with Gasteiger partial charge in [0.25, 0.3) is 0 Å². The van der Waals surface area contributed by atoms with Crippen LogP contribution >= 0.6 is 0 Å². The van der Waals surface area contributed by atoms with E-state index in [1.807, 2.05) is 13.8 Å². The standard InChI is InChI=1S/2C12H11.2ClH.Zr/c2*1-2-5-10-8-11-6-3-4-7-12(11)9-10;;;/h2*2-9H,1H3;2*1H;/q2*-1;;;+4/p-2. The average Bonchev–Trinajstić information content (AvgIpc) is 3.18. The molecule has 0 nitrogen and oxygen atoms in total. The van der Waals surface area contributed by atoms with Gasteiger partial charge in [0.15, 0.2) is 0 Å². The van der Waals surface area contributed by atoms with Gasteiger partial charge >= 0.3 is 26.2 Å². The molecule has 0 saturated heterocycles. The summed E-state index contributed by atoms with van der Waals surface area (Å²) >= 11 is 0. The molecule has 0 spiro atoms. The Bertz CT molecular complexity index is 842. The molecule has 0 amide bonds. The molecule has 0 bridgehead atoms. The first-order valence-corrected chi connectivity index (χ1v) is 8.36. The van der Waals surface area contributed by atoms with Crippen LogP contribution in [0.3, 0.4) is 0 Å². The second-order valence-electron chi connectivity index (χ2n) is 5.84. The zero-order valence-corrected chi connectivity index (χ0v) is 19.5. The van der Waals surface area contributed by atoms with Crippen molar-refractivity contribution in [1.82, 2.24) is 0 Å². The first kappa shape index (κ1) is 25.6. The average molecular weight is 473 g/mol. The van der Waals surface area contributed by atoms with E-state index in [0.29, 0.717) is 0 Å². The van der Waals surface area contributed by atoms with E-state index in [9.17, 15) is 0 Å². The molecule has 27 heavy (non-hydrogen) atoms. The Morgan fingerprint density at radius 3 is 1.33 bits per heavy atom. The van der Waals surface area contributed by atoms with Gasteiger partial charge in [0.2, 0.25) is 0 Å². The fourth-order valence-corrected chi connectivity index (χ4v) is 2.93. The number of fused-ring (bicyclic) bond motifs is 2. The van der Waals surface area contributed by atoms with Crippen LogP contribution in [0.2, 0.25) is 0 Å². The minimum absolute atomic E-state index is 0. The van der Waals surface area contributed by atoms with E-state index in [1.165, 1.54) is 32.7 Å². The molecule has 136 valence electrons. The molecule has 0 radical (unpaired) electrons. The fraction of sp³-hybridized carbons (Fsp3) is 0.0833. The van der Waals surface area contributed by atoms with Crippen LogP contribution in [-0.4, -0.2) is 0 Å². The summed E-state index contributed by atoms with van der Waals surface area (Å²) in [7, 11) is 0. The molecule has 0 saturated carbocycles. The summed E-state index contributed by atoms with van der Waals surface area (Å²) in [5, 5.41) is 5.30. The van der Waals surface area contributed by atoms with Crippen molar-refractivity contribution in [2.75, 3.05) is 0 Å². The van der Waals surface area contributed by atoms with Crippen LogP contribution in [-0.2, 0) is 26.2 Å². The summed E-state index contributed by atoms with van der Waals surface area (Å²) in [6.07, 6.45) is 8.38. The van der Waals surface area contributed by atoms with Crippen molar-refractivity contribution in [3.63, 3.8) is 0 Å². The maximum Gasteiger partial charge on any atom is 4.00 e. The molecular weight excluding hydrogens is 450 g/mol. The summed E-state index contributed by atoms with van der Waals surface area (Å²) in [6, 6.07) is 25.7. The van der Waals surface area contributed by atoms with Gasteiger partial charge in [-0.1, -0.05) is 50.2 Å². The van der Waals surface area contributed by atoms with E-state index in [0.717, 1.165) is 0 Å². The number of allylic oxidation sites excluding steroid dienone is 2. The molecule has 0 atom stereocenters.